The molecule has 1 heterocycles. The molecule has 4 heteroatoms. The van der Waals surface area contributed by atoms with Crippen molar-refractivity contribution in [2.45, 2.75) is 26.2 Å². The molecule has 0 unspecified atom stereocenters. The summed E-state index contributed by atoms with van der Waals surface area (Å²) in [6.45, 7) is 6.75. The van der Waals surface area contributed by atoms with Gasteiger partial charge in [0.2, 0.25) is 0 Å². The summed E-state index contributed by atoms with van der Waals surface area (Å²) in [5.41, 5.74) is 7.70. The van der Waals surface area contributed by atoms with Gasteiger partial charge < -0.3 is 16.4 Å². The Labute approximate surface area is 110 Å². The Morgan fingerprint density at radius 2 is 1.83 bits per heavy atom. The third-order valence-corrected chi connectivity index (χ3v) is 2.78. The Balaban J connectivity index is 1.92. The second-order valence-electron chi connectivity index (χ2n) is 4.52. The quantitative estimate of drug-likeness (QED) is 0.539. The highest BCUT2D eigenvalue weighted by Crippen LogP contribution is 2.02. The van der Waals surface area contributed by atoms with Gasteiger partial charge in [0.05, 0.1) is 0 Å². The fourth-order valence-electron chi connectivity index (χ4n) is 1.82. The monoisotopic (exact) mass is 250 g/mol. The molecule has 0 radical (unpaired) electrons. The third kappa shape index (κ3) is 7.37. The molecule has 4 N–H and O–H groups in total. The average molecular weight is 250 g/mol. The number of nitrogens with one attached hydrogen (secondary N) is 2. The van der Waals surface area contributed by atoms with Gasteiger partial charge >= 0.3 is 0 Å². The second kappa shape index (κ2) is 10.00. The van der Waals surface area contributed by atoms with Crippen molar-refractivity contribution >= 4 is 0 Å². The lowest BCUT2D eigenvalue weighted by molar-refractivity contribution is 0.586. The molecular weight excluding hydrogens is 224 g/mol. The van der Waals surface area contributed by atoms with E-state index in [-0.39, 0.29) is 0 Å². The van der Waals surface area contributed by atoms with Gasteiger partial charge in [-0.25, -0.2) is 0 Å². The summed E-state index contributed by atoms with van der Waals surface area (Å²) in [6, 6.07) is 6.23. The number of nitrogens with zero attached hydrogens (tertiary/aromatic N) is 1. The van der Waals surface area contributed by atoms with E-state index in [0.717, 1.165) is 38.3 Å². The second-order valence-corrected chi connectivity index (χ2v) is 4.52. The van der Waals surface area contributed by atoms with E-state index in [2.05, 4.69) is 27.8 Å². The maximum absolute atomic E-state index is 5.39. The maximum atomic E-state index is 5.39. The molecule has 0 bridgehead atoms. The first-order valence-corrected chi connectivity index (χ1v) is 6.87. The molecule has 0 saturated carbocycles. The van der Waals surface area contributed by atoms with Crippen LogP contribution < -0.4 is 16.4 Å². The van der Waals surface area contributed by atoms with Crippen molar-refractivity contribution in [1.29, 1.82) is 0 Å². The highest BCUT2D eigenvalue weighted by Gasteiger charge is 1.95. The van der Waals surface area contributed by atoms with Gasteiger partial charge in [0, 0.05) is 37.6 Å². The zero-order valence-electron chi connectivity index (χ0n) is 11.4. The number of nitrogens with two attached hydrogens (primary N) is 1. The van der Waals surface area contributed by atoms with Crippen LogP contribution in [0.5, 0.6) is 0 Å². The molecule has 1 aromatic rings. The number of pyridine rings is 1. The van der Waals surface area contributed by atoms with E-state index in [1.165, 1.54) is 18.5 Å². The lowest BCUT2D eigenvalue weighted by Gasteiger charge is -2.06. The molecule has 0 fully saturated rings. The zero-order valence-corrected chi connectivity index (χ0v) is 11.4. The van der Waals surface area contributed by atoms with Crippen LogP contribution in [-0.4, -0.2) is 37.7 Å². The van der Waals surface area contributed by atoms with Crippen LogP contribution in [0.2, 0.25) is 0 Å². The van der Waals surface area contributed by atoms with Gasteiger partial charge in [0.1, 0.15) is 0 Å². The first kappa shape index (κ1) is 15.1. The van der Waals surface area contributed by atoms with E-state index < -0.39 is 0 Å². The van der Waals surface area contributed by atoms with Crippen molar-refractivity contribution in [2.75, 3.05) is 32.7 Å². The summed E-state index contributed by atoms with van der Waals surface area (Å²) in [4.78, 5) is 4.50. The van der Waals surface area contributed by atoms with Crippen LogP contribution in [0.4, 0.5) is 0 Å². The van der Waals surface area contributed by atoms with E-state index >= 15 is 0 Å². The highest BCUT2D eigenvalue weighted by molar-refractivity contribution is 5.09. The standard InChI is InChI=1S/C14H26N4/c1-13-5-4-7-14(18-13)6-2-3-9-16-11-12-17-10-8-15/h4-5,7,16-17H,2-3,6,8-12,15H2,1H3. The number of unbranched alkanes of at least 4 members (excludes halogenated alkanes) is 1. The third-order valence-electron chi connectivity index (χ3n) is 2.78. The fraction of sp³-hybridized carbons (Fsp3) is 0.643. The predicted octanol–water partition coefficient (Wildman–Crippen LogP) is 0.851. The summed E-state index contributed by atoms with van der Waals surface area (Å²) in [6.07, 6.45) is 3.47. The molecule has 0 amide bonds. The van der Waals surface area contributed by atoms with Crippen molar-refractivity contribution < 1.29 is 0 Å². The summed E-state index contributed by atoms with van der Waals surface area (Å²) in [7, 11) is 0. The van der Waals surface area contributed by atoms with Crippen molar-refractivity contribution in [3.05, 3.63) is 29.6 Å². The van der Waals surface area contributed by atoms with Gasteiger partial charge in [-0.2, -0.15) is 0 Å². The molecule has 1 aromatic heterocycles. The molecule has 102 valence electrons. The van der Waals surface area contributed by atoms with E-state index in [9.17, 15) is 0 Å². The Kier molecular flexibility index (Phi) is 8.38. The molecule has 0 saturated heterocycles. The number of hydrogen-bond donors (Lipinski definition) is 3. The topological polar surface area (TPSA) is 63.0 Å². The number of aryl methyl sites for hydroxylation is 2. The number of rotatable bonds is 10. The molecule has 0 spiro atoms. The van der Waals surface area contributed by atoms with Gasteiger partial charge in [-0.05, 0) is 44.9 Å². The number of aromatic nitrogens is 1. The largest absolute Gasteiger partial charge is 0.329 e. The average Bonchev–Trinajstić information content (AvgIpc) is 2.37. The molecule has 18 heavy (non-hydrogen) atoms. The predicted molar refractivity (Wildman–Crippen MR) is 76.7 cm³/mol. The highest BCUT2D eigenvalue weighted by atomic mass is 14.9. The molecule has 0 aromatic carbocycles. The molecule has 0 aliphatic carbocycles. The molecule has 1 rings (SSSR count). The Morgan fingerprint density at radius 1 is 1.06 bits per heavy atom. The van der Waals surface area contributed by atoms with Crippen LogP contribution in [0, 0.1) is 6.92 Å². The molecule has 0 atom stereocenters. The van der Waals surface area contributed by atoms with Crippen LogP contribution in [0.15, 0.2) is 18.2 Å². The van der Waals surface area contributed by atoms with E-state index in [1.54, 1.807) is 0 Å². The minimum atomic E-state index is 0.712. The molecular formula is C14H26N4. The summed E-state index contributed by atoms with van der Waals surface area (Å²) in [5, 5.41) is 6.68. The van der Waals surface area contributed by atoms with E-state index in [1.807, 2.05) is 13.0 Å². The van der Waals surface area contributed by atoms with Crippen LogP contribution in [-0.2, 0) is 6.42 Å². The SMILES string of the molecule is Cc1cccc(CCCCNCCNCCN)n1. The molecule has 0 aliphatic heterocycles. The molecule has 0 aliphatic rings. The Morgan fingerprint density at radius 3 is 2.56 bits per heavy atom. The first-order valence-electron chi connectivity index (χ1n) is 6.87. The lowest BCUT2D eigenvalue weighted by Crippen LogP contribution is -2.31. The van der Waals surface area contributed by atoms with Crippen LogP contribution in [0.1, 0.15) is 24.2 Å². The smallest absolute Gasteiger partial charge is 0.0406 e. The summed E-state index contributed by atoms with van der Waals surface area (Å²) < 4.78 is 0. The number of hydrogen-bond acceptors (Lipinski definition) is 4. The van der Waals surface area contributed by atoms with E-state index in [4.69, 9.17) is 5.73 Å². The van der Waals surface area contributed by atoms with Gasteiger partial charge in [-0.1, -0.05) is 6.07 Å². The summed E-state index contributed by atoms with van der Waals surface area (Å²) in [5.74, 6) is 0. The minimum Gasteiger partial charge on any atom is -0.329 e. The zero-order chi connectivity index (χ0) is 13.1. The Bertz CT molecular complexity index is 314. The van der Waals surface area contributed by atoms with Crippen molar-refractivity contribution in [3.8, 4) is 0 Å². The Hall–Kier alpha value is -0.970. The van der Waals surface area contributed by atoms with Crippen LogP contribution >= 0.6 is 0 Å². The minimum absolute atomic E-state index is 0.712. The van der Waals surface area contributed by atoms with Crippen LogP contribution in [0.3, 0.4) is 0 Å². The first-order chi connectivity index (χ1) is 8.83. The van der Waals surface area contributed by atoms with Gasteiger partial charge in [-0.15, -0.1) is 0 Å². The fourth-order valence-corrected chi connectivity index (χ4v) is 1.82. The van der Waals surface area contributed by atoms with Crippen molar-refractivity contribution in [1.82, 2.24) is 15.6 Å². The van der Waals surface area contributed by atoms with Gasteiger partial charge in [0.15, 0.2) is 0 Å². The summed E-state index contributed by atoms with van der Waals surface area (Å²) >= 11 is 0. The molecule has 4 nitrogen and oxygen atoms in total. The maximum Gasteiger partial charge on any atom is 0.0406 e. The van der Waals surface area contributed by atoms with Gasteiger partial charge in [0.25, 0.3) is 0 Å². The van der Waals surface area contributed by atoms with E-state index in [0.29, 0.717) is 6.54 Å². The normalized spacial score (nSPS) is 10.8. The van der Waals surface area contributed by atoms with Crippen LogP contribution in [0.25, 0.3) is 0 Å². The van der Waals surface area contributed by atoms with Gasteiger partial charge in [-0.3, -0.25) is 4.98 Å². The van der Waals surface area contributed by atoms with Crippen molar-refractivity contribution in [3.63, 3.8) is 0 Å². The van der Waals surface area contributed by atoms with Crippen molar-refractivity contribution in [2.24, 2.45) is 5.73 Å². The lowest BCUT2D eigenvalue weighted by atomic mass is 10.1.